The van der Waals surface area contributed by atoms with Crippen LogP contribution in [0.15, 0.2) is 78.0 Å². The third-order valence-electron chi connectivity index (χ3n) is 15.0. The van der Waals surface area contributed by atoms with Crippen molar-refractivity contribution < 1.29 is 40.8 Å². The number of hydrogen-bond acceptors (Lipinski definition) is 11. The topological polar surface area (TPSA) is 172 Å². The summed E-state index contributed by atoms with van der Waals surface area (Å²) < 4.78 is 84.3. The number of nitro groups is 1. The van der Waals surface area contributed by atoms with Gasteiger partial charge in [-0.05, 0) is 104 Å². The number of anilines is 2. The number of H-pyrrole nitrogens is 1. The van der Waals surface area contributed by atoms with Crippen molar-refractivity contribution in [3.8, 4) is 17.2 Å². The second-order valence-electron chi connectivity index (χ2n) is 19.5. The average molecular weight is 942 g/mol. The van der Waals surface area contributed by atoms with E-state index >= 15 is 0 Å². The SMILES string of the molecule is CC(C)c1ccccc1[C@H]1CCCN1C1CC2(CCN(c3ccc(C(=O)NS(=O)(=O)c4cc5c(c([N+](=O)[O-])c4)N[C@@H](C4CCC(F)(F)CC4)CO5)c(Oc4cnc5[nH]cc(F)c5c4)c3)CC2)C1. The second kappa shape index (κ2) is 17.3. The largest absolute Gasteiger partial charge is 0.489 e. The summed E-state index contributed by atoms with van der Waals surface area (Å²) in [5.41, 5.74) is 3.34. The van der Waals surface area contributed by atoms with Crippen LogP contribution in [0, 0.1) is 27.3 Å². The number of likely N-dealkylation sites (tertiary alicyclic amines) is 1. The highest BCUT2D eigenvalue weighted by atomic mass is 32.2. The van der Waals surface area contributed by atoms with Crippen molar-refractivity contribution in [2.24, 2.45) is 11.3 Å². The number of nitrogens with one attached hydrogen (secondary N) is 3. The van der Waals surface area contributed by atoms with Gasteiger partial charge in [-0.2, -0.15) is 0 Å². The smallest absolute Gasteiger partial charge is 0.297 e. The lowest BCUT2D eigenvalue weighted by Gasteiger charge is -2.56. The van der Waals surface area contributed by atoms with E-state index in [1.807, 2.05) is 0 Å². The minimum atomic E-state index is -4.77. The molecule has 1 amide bonds. The van der Waals surface area contributed by atoms with Gasteiger partial charge >= 0.3 is 0 Å². The quantitative estimate of drug-likeness (QED) is 0.0850. The Balaban J connectivity index is 0.863. The zero-order valence-electron chi connectivity index (χ0n) is 37.4. The molecule has 2 aliphatic carbocycles. The van der Waals surface area contributed by atoms with Crippen LogP contribution < -0.4 is 24.4 Å². The second-order valence-corrected chi connectivity index (χ2v) is 21.2. The number of nitro benzene ring substituents is 1. The fourth-order valence-electron chi connectivity index (χ4n) is 11.3. The molecule has 2 aromatic heterocycles. The van der Waals surface area contributed by atoms with Crippen molar-refractivity contribution in [1.29, 1.82) is 0 Å². The molecule has 5 heterocycles. The molecule has 0 unspecified atom stereocenters. The zero-order valence-corrected chi connectivity index (χ0v) is 38.2. The minimum Gasteiger partial charge on any atom is -0.489 e. The van der Waals surface area contributed by atoms with Crippen LogP contribution in [0.25, 0.3) is 11.0 Å². The highest BCUT2D eigenvalue weighted by Gasteiger charge is 2.50. The molecule has 0 bridgehead atoms. The van der Waals surface area contributed by atoms with E-state index in [0.29, 0.717) is 18.0 Å². The molecule has 18 heteroatoms. The van der Waals surface area contributed by atoms with Gasteiger partial charge in [0.2, 0.25) is 5.92 Å². The van der Waals surface area contributed by atoms with Gasteiger partial charge in [-0.25, -0.2) is 31.3 Å². The summed E-state index contributed by atoms with van der Waals surface area (Å²) in [6.45, 7) is 7.14. The molecule has 2 atom stereocenters. The number of rotatable bonds is 11. The Hall–Kier alpha value is -5.88. The molecule has 10 rings (SSSR count). The Kier molecular flexibility index (Phi) is 11.6. The standard InChI is InChI=1S/C49H54F3N7O7S/c1-29(2)35-6-3-4-7-36(35)41-8-5-17-58(41)32-24-48(25-32)15-18-57(19-16-48)31-9-10-37(43(20-31)66-33-21-38-39(50)27-54-46(38)53-26-33)47(60)56-67(63,64)34-22-42(59(61)62)45-44(23-34)65-28-40(55-45)30-11-13-49(51,52)14-12-30/h3-4,6-7,9-10,20-23,26-27,29-30,32,40-41,55H,5,8,11-19,24-25,28H2,1-2H3,(H,53,54)(H,56,60)/t40-,41-/m1/s1. The molecule has 3 aromatic carbocycles. The van der Waals surface area contributed by atoms with Crippen molar-refractivity contribution in [2.75, 3.05) is 36.5 Å². The van der Waals surface area contributed by atoms with Crippen LogP contribution in [0.1, 0.15) is 112 Å². The number of fused-ring (bicyclic) bond motifs is 2. The lowest BCUT2D eigenvalue weighted by Crippen LogP contribution is -2.54. The number of piperidine rings is 1. The van der Waals surface area contributed by atoms with Gasteiger partial charge in [-0.1, -0.05) is 38.1 Å². The van der Waals surface area contributed by atoms with Crippen LogP contribution in [-0.2, 0) is 10.0 Å². The maximum Gasteiger partial charge on any atom is 0.297 e. The van der Waals surface area contributed by atoms with Gasteiger partial charge in [0.1, 0.15) is 29.6 Å². The molecule has 5 aliphatic rings. The summed E-state index contributed by atoms with van der Waals surface area (Å²) in [7, 11) is -4.77. The van der Waals surface area contributed by atoms with Crippen molar-refractivity contribution in [3.05, 3.63) is 106 Å². The van der Waals surface area contributed by atoms with Gasteiger partial charge in [0.15, 0.2) is 11.4 Å². The first-order chi connectivity index (χ1) is 32.1. The van der Waals surface area contributed by atoms with E-state index in [1.165, 1.54) is 48.5 Å². The molecule has 4 fully saturated rings. The summed E-state index contributed by atoms with van der Waals surface area (Å²) in [5.74, 6) is -4.19. The highest BCUT2D eigenvalue weighted by molar-refractivity contribution is 7.90. The monoisotopic (exact) mass is 941 g/mol. The fourth-order valence-corrected chi connectivity index (χ4v) is 12.3. The number of amides is 1. The first kappa shape index (κ1) is 44.9. The Labute approximate surface area is 386 Å². The van der Waals surface area contributed by atoms with Crippen LogP contribution in [0.2, 0.25) is 0 Å². The van der Waals surface area contributed by atoms with E-state index in [1.54, 1.807) is 12.1 Å². The van der Waals surface area contributed by atoms with Gasteiger partial charge in [-0.3, -0.25) is 19.8 Å². The lowest BCUT2D eigenvalue weighted by molar-refractivity contribution is -0.384. The van der Waals surface area contributed by atoms with Crippen LogP contribution in [0.5, 0.6) is 17.2 Å². The first-order valence-electron chi connectivity index (χ1n) is 23.3. The summed E-state index contributed by atoms with van der Waals surface area (Å²) in [6.07, 6.45) is 8.96. The van der Waals surface area contributed by atoms with E-state index in [9.17, 15) is 36.5 Å². The lowest BCUT2D eigenvalue weighted by atomic mass is 9.59. The molecule has 67 heavy (non-hydrogen) atoms. The molecule has 2 saturated carbocycles. The van der Waals surface area contributed by atoms with Gasteiger partial charge in [0, 0.05) is 68.1 Å². The van der Waals surface area contributed by atoms with Gasteiger partial charge in [0.25, 0.3) is 21.6 Å². The number of aromatic nitrogens is 2. The normalized spacial score (nSPS) is 22.0. The van der Waals surface area contributed by atoms with E-state index in [2.05, 4.69) is 67.9 Å². The average Bonchev–Trinajstić information content (AvgIpc) is 3.94. The van der Waals surface area contributed by atoms with Crippen LogP contribution in [-0.4, -0.2) is 78.4 Å². The van der Waals surface area contributed by atoms with Crippen molar-refractivity contribution >= 4 is 44.0 Å². The number of ether oxygens (including phenoxy) is 2. The molecule has 0 radical (unpaired) electrons. The number of aromatic amines is 1. The number of sulfonamides is 1. The summed E-state index contributed by atoms with van der Waals surface area (Å²) >= 11 is 0. The molecule has 2 saturated heterocycles. The molecule has 354 valence electrons. The number of carbonyl (C=O) groups is 1. The molecule has 5 aromatic rings. The number of hydrogen-bond donors (Lipinski definition) is 3. The third-order valence-corrected chi connectivity index (χ3v) is 16.3. The Morgan fingerprint density at radius 2 is 1.78 bits per heavy atom. The minimum absolute atomic E-state index is 0.0106. The Morgan fingerprint density at radius 1 is 1.01 bits per heavy atom. The maximum atomic E-state index is 14.6. The van der Waals surface area contributed by atoms with Crippen molar-refractivity contribution in [2.45, 2.75) is 113 Å². The van der Waals surface area contributed by atoms with E-state index < -0.39 is 49.2 Å². The van der Waals surface area contributed by atoms with Crippen LogP contribution >= 0.6 is 0 Å². The molecular weight excluding hydrogens is 888 g/mol. The van der Waals surface area contributed by atoms with Crippen LogP contribution in [0.4, 0.5) is 30.2 Å². The van der Waals surface area contributed by atoms with Crippen molar-refractivity contribution in [1.82, 2.24) is 19.6 Å². The summed E-state index contributed by atoms with van der Waals surface area (Å²) in [4.78, 5) is 37.0. The zero-order chi connectivity index (χ0) is 46.8. The van der Waals surface area contributed by atoms with Gasteiger partial charge in [-0.15, -0.1) is 0 Å². The number of pyridine rings is 1. The first-order valence-corrected chi connectivity index (χ1v) is 24.7. The Morgan fingerprint density at radius 3 is 2.52 bits per heavy atom. The van der Waals surface area contributed by atoms with E-state index in [0.717, 1.165) is 63.1 Å². The number of carbonyl (C=O) groups excluding carboxylic acids is 1. The van der Waals surface area contributed by atoms with Crippen LogP contribution in [0.3, 0.4) is 0 Å². The Bertz CT molecular complexity index is 2830. The number of benzene rings is 3. The number of nitrogens with zero attached hydrogens (tertiary/aromatic N) is 4. The van der Waals surface area contributed by atoms with Gasteiger partial charge < -0.3 is 24.7 Å². The summed E-state index contributed by atoms with van der Waals surface area (Å²) in [6, 6.07) is 17.6. The predicted octanol–water partition coefficient (Wildman–Crippen LogP) is 10.2. The van der Waals surface area contributed by atoms with E-state index in [-0.39, 0.29) is 83.2 Å². The molecule has 3 N–H and O–H groups in total. The van der Waals surface area contributed by atoms with Gasteiger partial charge in [0.05, 0.1) is 33.0 Å². The number of halogens is 3. The summed E-state index contributed by atoms with van der Waals surface area (Å²) in [5, 5.41) is 15.5. The molecule has 1 spiro atoms. The van der Waals surface area contributed by atoms with E-state index in [4.69, 9.17) is 9.47 Å². The predicted molar refractivity (Wildman–Crippen MR) is 246 cm³/mol. The molecule has 3 aliphatic heterocycles. The fraction of sp³-hybridized carbons (Fsp3) is 0.469. The van der Waals surface area contributed by atoms with Crippen molar-refractivity contribution in [3.63, 3.8) is 0 Å². The maximum absolute atomic E-state index is 14.6. The molecule has 14 nitrogen and oxygen atoms in total. The molecular formula is C49H54F3N7O7S. The number of alkyl halides is 2. The highest BCUT2D eigenvalue weighted by Crippen LogP contribution is 2.54. The third kappa shape index (κ3) is 8.78.